The van der Waals surface area contributed by atoms with Crippen LogP contribution in [0.4, 0.5) is 0 Å². The maximum atomic E-state index is 10.8. The molecule has 0 aliphatic carbocycles. The van der Waals surface area contributed by atoms with Crippen LogP contribution in [0.15, 0.2) is 18.2 Å². The lowest BCUT2D eigenvalue weighted by molar-refractivity contribution is -0.137. The summed E-state index contributed by atoms with van der Waals surface area (Å²) in [4.78, 5) is 21.3. The SMILES string of the molecule is COc1ccc(OC)c([C@H](CC(=O)O)NC=O)c1. The highest BCUT2D eigenvalue weighted by atomic mass is 16.5. The van der Waals surface area contributed by atoms with Gasteiger partial charge in [0.25, 0.3) is 0 Å². The molecule has 1 amide bonds. The first-order chi connectivity index (χ1) is 8.62. The Bertz CT molecular complexity index is 432. The normalized spacial score (nSPS) is 11.4. The fourth-order valence-corrected chi connectivity index (χ4v) is 1.63. The molecule has 0 spiro atoms. The van der Waals surface area contributed by atoms with Crippen molar-refractivity contribution in [1.29, 1.82) is 0 Å². The fourth-order valence-electron chi connectivity index (χ4n) is 1.63. The molecular formula is C12H15NO5. The Morgan fingerprint density at radius 3 is 2.67 bits per heavy atom. The molecule has 6 nitrogen and oxygen atoms in total. The maximum absolute atomic E-state index is 10.8. The summed E-state index contributed by atoms with van der Waals surface area (Å²) in [6, 6.07) is 4.34. The van der Waals surface area contributed by atoms with Crippen LogP contribution in [0.1, 0.15) is 18.0 Å². The second-order valence-corrected chi connectivity index (χ2v) is 3.54. The number of carbonyl (C=O) groups is 2. The summed E-state index contributed by atoms with van der Waals surface area (Å²) in [5.41, 5.74) is 0.561. The third-order valence-electron chi connectivity index (χ3n) is 2.46. The summed E-state index contributed by atoms with van der Waals surface area (Å²) in [6.07, 6.45) is 0.231. The van der Waals surface area contributed by atoms with Gasteiger partial charge in [0.2, 0.25) is 6.41 Å². The molecule has 1 aromatic rings. The minimum Gasteiger partial charge on any atom is -0.497 e. The quantitative estimate of drug-likeness (QED) is 0.707. The number of methoxy groups -OCH3 is 2. The molecule has 1 rings (SSSR count). The molecule has 0 saturated carbocycles. The van der Waals surface area contributed by atoms with E-state index in [1.54, 1.807) is 18.2 Å². The highest BCUT2D eigenvalue weighted by molar-refractivity contribution is 5.69. The molecule has 0 radical (unpaired) electrons. The lowest BCUT2D eigenvalue weighted by atomic mass is 10.0. The highest BCUT2D eigenvalue weighted by Gasteiger charge is 2.19. The number of carbonyl (C=O) groups excluding carboxylic acids is 1. The fraction of sp³-hybridized carbons (Fsp3) is 0.333. The molecule has 0 fully saturated rings. The Hall–Kier alpha value is -2.24. The van der Waals surface area contributed by atoms with E-state index in [0.29, 0.717) is 23.5 Å². The average Bonchev–Trinajstić information content (AvgIpc) is 2.37. The first-order valence-electron chi connectivity index (χ1n) is 5.25. The third kappa shape index (κ3) is 3.38. The molecule has 2 N–H and O–H groups in total. The Morgan fingerprint density at radius 1 is 1.44 bits per heavy atom. The van der Waals surface area contributed by atoms with E-state index in [0.717, 1.165) is 0 Å². The van der Waals surface area contributed by atoms with Gasteiger partial charge in [-0.2, -0.15) is 0 Å². The van der Waals surface area contributed by atoms with Crippen molar-refractivity contribution in [2.24, 2.45) is 0 Å². The molecule has 0 bridgehead atoms. The van der Waals surface area contributed by atoms with Crippen LogP contribution >= 0.6 is 0 Å². The van der Waals surface area contributed by atoms with Gasteiger partial charge in [-0.15, -0.1) is 0 Å². The van der Waals surface area contributed by atoms with Crippen molar-refractivity contribution >= 4 is 12.4 Å². The molecule has 98 valence electrons. The molecule has 6 heteroatoms. The summed E-state index contributed by atoms with van der Waals surface area (Å²) in [6.45, 7) is 0. The molecule has 1 aromatic carbocycles. The van der Waals surface area contributed by atoms with Crippen molar-refractivity contribution in [3.8, 4) is 11.5 Å². The summed E-state index contributed by atoms with van der Waals surface area (Å²) in [5.74, 6) is 0.0458. The summed E-state index contributed by atoms with van der Waals surface area (Å²) in [7, 11) is 2.98. The lowest BCUT2D eigenvalue weighted by Gasteiger charge is -2.18. The number of benzene rings is 1. The van der Waals surface area contributed by atoms with E-state index in [1.165, 1.54) is 14.2 Å². The van der Waals surface area contributed by atoms with E-state index in [2.05, 4.69) is 5.32 Å². The number of carboxylic acids is 1. The molecule has 0 unspecified atom stereocenters. The van der Waals surface area contributed by atoms with Crippen molar-refractivity contribution in [3.63, 3.8) is 0 Å². The van der Waals surface area contributed by atoms with Crippen LogP contribution in [0.5, 0.6) is 11.5 Å². The molecular weight excluding hydrogens is 238 g/mol. The van der Waals surface area contributed by atoms with Gasteiger partial charge in [-0.05, 0) is 18.2 Å². The first kappa shape index (κ1) is 13.8. The van der Waals surface area contributed by atoms with Crippen molar-refractivity contribution in [2.75, 3.05) is 14.2 Å². The van der Waals surface area contributed by atoms with Crippen molar-refractivity contribution < 1.29 is 24.2 Å². The topological polar surface area (TPSA) is 84.9 Å². The second-order valence-electron chi connectivity index (χ2n) is 3.54. The van der Waals surface area contributed by atoms with Crippen LogP contribution in [0.3, 0.4) is 0 Å². The first-order valence-corrected chi connectivity index (χ1v) is 5.25. The van der Waals surface area contributed by atoms with E-state index >= 15 is 0 Å². The largest absolute Gasteiger partial charge is 0.497 e. The number of carboxylic acid groups (broad SMARTS) is 1. The Kier molecular flexibility index (Phi) is 4.98. The lowest BCUT2D eigenvalue weighted by Crippen LogP contribution is -2.23. The molecule has 1 atom stereocenters. The van der Waals surface area contributed by atoms with E-state index in [9.17, 15) is 9.59 Å². The molecule has 18 heavy (non-hydrogen) atoms. The van der Waals surface area contributed by atoms with Gasteiger partial charge < -0.3 is 19.9 Å². The number of ether oxygens (including phenoxy) is 2. The van der Waals surface area contributed by atoms with Crippen LogP contribution in [0.25, 0.3) is 0 Å². The van der Waals surface area contributed by atoms with Crippen LogP contribution in [0.2, 0.25) is 0 Å². The Labute approximate surface area is 105 Å². The van der Waals surface area contributed by atoms with Gasteiger partial charge in [-0.3, -0.25) is 9.59 Å². The summed E-state index contributed by atoms with van der Waals surface area (Å²) in [5, 5.41) is 11.3. The van der Waals surface area contributed by atoms with Gasteiger partial charge in [0, 0.05) is 5.56 Å². The molecule has 0 aliphatic heterocycles. The van der Waals surface area contributed by atoms with Gasteiger partial charge in [0.1, 0.15) is 11.5 Å². The van der Waals surface area contributed by atoms with Gasteiger partial charge in [-0.1, -0.05) is 0 Å². The zero-order valence-corrected chi connectivity index (χ0v) is 10.2. The van der Waals surface area contributed by atoms with Crippen LogP contribution in [-0.4, -0.2) is 31.7 Å². The molecule has 0 aromatic heterocycles. The van der Waals surface area contributed by atoms with Gasteiger partial charge >= 0.3 is 5.97 Å². The van der Waals surface area contributed by atoms with Gasteiger partial charge in [-0.25, -0.2) is 0 Å². The maximum Gasteiger partial charge on any atom is 0.305 e. The number of amides is 1. The van der Waals surface area contributed by atoms with Crippen molar-refractivity contribution in [2.45, 2.75) is 12.5 Å². The van der Waals surface area contributed by atoms with Crippen LogP contribution in [0, 0.1) is 0 Å². The standard InChI is InChI=1S/C12H15NO5/c1-17-8-3-4-11(18-2)9(5-8)10(13-7-14)6-12(15)16/h3-5,7,10H,6H2,1-2H3,(H,13,14)(H,15,16)/t10-/m0/s1. The summed E-state index contributed by atoms with van der Waals surface area (Å²) < 4.78 is 10.2. The minimum atomic E-state index is -1.01. The van der Waals surface area contributed by atoms with E-state index in [4.69, 9.17) is 14.6 Å². The monoisotopic (exact) mass is 253 g/mol. The smallest absolute Gasteiger partial charge is 0.305 e. The average molecular weight is 253 g/mol. The predicted molar refractivity (Wildman–Crippen MR) is 63.7 cm³/mol. The van der Waals surface area contributed by atoms with Crippen LogP contribution < -0.4 is 14.8 Å². The number of hydrogen-bond donors (Lipinski definition) is 2. The predicted octanol–water partition coefficient (Wildman–Crippen LogP) is 0.966. The number of nitrogens with one attached hydrogen (secondary N) is 1. The third-order valence-corrected chi connectivity index (χ3v) is 2.46. The molecule has 0 heterocycles. The highest BCUT2D eigenvalue weighted by Crippen LogP contribution is 2.30. The second kappa shape index (κ2) is 6.48. The Balaban J connectivity index is 3.14. The van der Waals surface area contributed by atoms with Crippen molar-refractivity contribution in [1.82, 2.24) is 5.32 Å². The van der Waals surface area contributed by atoms with Gasteiger partial charge in [0.15, 0.2) is 0 Å². The van der Waals surface area contributed by atoms with Crippen LogP contribution in [-0.2, 0) is 9.59 Å². The summed E-state index contributed by atoms with van der Waals surface area (Å²) >= 11 is 0. The number of aliphatic carboxylic acids is 1. The van der Waals surface area contributed by atoms with E-state index in [1.807, 2.05) is 0 Å². The van der Waals surface area contributed by atoms with Gasteiger partial charge in [0.05, 0.1) is 26.7 Å². The van der Waals surface area contributed by atoms with E-state index < -0.39 is 12.0 Å². The Morgan fingerprint density at radius 2 is 2.17 bits per heavy atom. The minimum absolute atomic E-state index is 0.234. The zero-order chi connectivity index (χ0) is 13.5. The number of hydrogen-bond acceptors (Lipinski definition) is 4. The zero-order valence-electron chi connectivity index (χ0n) is 10.2. The molecule has 0 aliphatic rings. The van der Waals surface area contributed by atoms with E-state index in [-0.39, 0.29) is 6.42 Å². The molecule has 0 saturated heterocycles. The van der Waals surface area contributed by atoms with Crippen molar-refractivity contribution in [3.05, 3.63) is 23.8 Å². The number of rotatable bonds is 7.